The van der Waals surface area contributed by atoms with Gasteiger partial charge >= 0.3 is 0 Å². The van der Waals surface area contributed by atoms with E-state index in [0.717, 1.165) is 16.9 Å². The lowest BCUT2D eigenvalue weighted by Crippen LogP contribution is -2.44. The Hall–Kier alpha value is -3.12. The van der Waals surface area contributed by atoms with E-state index < -0.39 is 0 Å². The summed E-state index contributed by atoms with van der Waals surface area (Å²) in [4.78, 5) is 30.8. The Morgan fingerprint density at radius 1 is 0.875 bits per heavy atom. The second-order valence-electron chi connectivity index (χ2n) is 7.68. The number of rotatable bonds is 11. The predicted molar refractivity (Wildman–Crippen MR) is 129 cm³/mol. The normalized spacial score (nSPS) is 10.6. The first-order valence-corrected chi connectivity index (χ1v) is 11.7. The molecule has 0 saturated carbocycles. The highest BCUT2D eigenvalue weighted by molar-refractivity contribution is 7.10. The van der Waals surface area contributed by atoms with Gasteiger partial charge in [0.05, 0.1) is 13.1 Å². The molecule has 0 aliphatic rings. The molecule has 0 bridgehead atoms. The van der Waals surface area contributed by atoms with Crippen molar-refractivity contribution in [3.8, 4) is 5.75 Å². The van der Waals surface area contributed by atoms with Crippen LogP contribution < -0.4 is 4.74 Å². The fourth-order valence-electron chi connectivity index (χ4n) is 3.35. The van der Waals surface area contributed by atoms with Crippen LogP contribution in [0.4, 0.5) is 0 Å². The quantitative estimate of drug-likeness (QED) is 0.417. The predicted octanol–water partition coefficient (Wildman–Crippen LogP) is 4.90. The van der Waals surface area contributed by atoms with Gasteiger partial charge in [0.25, 0.3) is 5.91 Å². The number of nitrogens with zero attached hydrogens (tertiary/aromatic N) is 2. The van der Waals surface area contributed by atoms with Crippen LogP contribution in [-0.4, -0.2) is 41.3 Å². The van der Waals surface area contributed by atoms with Gasteiger partial charge in [-0.25, -0.2) is 0 Å². The fourth-order valence-corrected chi connectivity index (χ4v) is 4.27. The maximum absolute atomic E-state index is 13.3. The monoisotopic (exact) mass is 450 g/mol. The first-order valence-electron chi connectivity index (χ1n) is 10.9. The molecule has 168 valence electrons. The van der Waals surface area contributed by atoms with Crippen LogP contribution in [0.3, 0.4) is 0 Å². The molecule has 0 atom stereocenters. The number of para-hydroxylation sites is 1. The minimum atomic E-state index is -0.184. The van der Waals surface area contributed by atoms with Crippen molar-refractivity contribution in [2.45, 2.75) is 33.4 Å². The zero-order chi connectivity index (χ0) is 22.8. The Labute approximate surface area is 194 Å². The van der Waals surface area contributed by atoms with Gasteiger partial charge in [-0.15, -0.1) is 11.3 Å². The van der Waals surface area contributed by atoms with Crippen LogP contribution in [0.2, 0.25) is 0 Å². The molecular weight excluding hydrogens is 420 g/mol. The lowest BCUT2D eigenvalue weighted by atomic mass is 10.2. The molecule has 3 rings (SSSR count). The second kappa shape index (κ2) is 12.1. The van der Waals surface area contributed by atoms with Crippen LogP contribution in [0, 0.1) is 6.92 Å². The van der Waals surface area contributed by atoms with Crippen molar-refractivity contribution in [1.29, 1.82) is 0 Å². The van der Waals surface area contributed by atoms with Crippen LogP contribution in [0.5, 0.6) is 5.75 Å². The summed E-state index contributed by atoms with van der Waals surface area (Å²) < 4.78 is 5.62. The van der Waals surface area contributed by atoms with Crippen LogP contribution in [0.15, 0.2) is 72.1 Å². The molecule has 3 aromatic rings. The molecule has 32 heavy (non-hydrogen) atoms. The zero-order valence-corrected chi connectivity index (χ0v) is 19.5. The Kier molecular flexibility index (Phi) is 8.87. The lowest BCUT2D eigenvalue weighted by molar-refractivity contribution is -0.142. The van der Waals surface area contributed by atoms with Crippen molar-refractivity contribution in [2.75, 3.05) is 19.7 Å². The molecule has 5 nitrogen and oxygen atoms in total. The number of benzene rings is 2. The van der Waals surface area contributed by atoms with Crippen molar-refractivity contribution in [1.82, 2.24) is 9.80 Å². The summed E-state index contributed by atoms with van der Waals surface area (Å²) in [5.74, 6) is 0.390. The molecule has 0 aliphatic carbocycles. The summed E-state index contributed by atoms with van der Waals surface area (Å²) in [6, 6.07) is 21.3. The van der Waals surface area contributed by atoms with E-state index in [9.17, 15) is 9.59 Å². The van der Waals surface area contributed by atoms with Crippen LogP contribution in [-0.2, 0) is 22.7 Å². The Morgan fingerprint density at radius 2 is 1.56 bits per heavy atom. The highest BCUT2D eigenvalue weighted by Crippen LogP contribution is 2.20. The number of aryl methyl sites for hydroxylation is 1. The largest absolute Gasteiger partial charge is 0.484 e. The lowest BCUT2D eigenvalue weighted by Gasteiger charge is -2.27. The third kappa shape index (κ3) is 6.95. The average Bonchev–Trinajstić information content (AvgIpc) is 3.22. The zero-order valence-electron chi connectivity index (χ0n) is 18.7. The number of hydrogen-bond donors (Lipinski definition) is 0. The van der Waals surface area contributed by atoms with Crippen molar-refractivity contribution in [2.24, 2.45) is 0 Å². The second-order valence-corrected chi connectivity index (χ2v) is 8.68. The molecule has 0 spiro atoms. The molecule has 2 aromatic carbocycles. The van der Waals surface area contributed by atoms with E-state index >= 15 is 0 Å². The molecule has 1 heterocycles. The topological polar surface area (TPSA) is 49.9 Å². The van der Waals surface area contributed by atoms with Gasteiger partial charge < -0.3 is 14.5 Å². The third-order valence-electron chi connectivity index (χ3n) is 5.15. The molecule has 0 aliphatic heterocycles. The van der Waals surface area contributed by atoms with E-state index in [-0.39, 0.29) is 25.0 Å². The van der Waals surface area contributed by atoms with E-state index in [4.69, 9.17) is 4.74 Å². The molecule has 0 saturated heterocycles. The Morgan fingerprint density at radius 3 is 2.19 bits per heavy atom. The number of thiophene rings is 1. The maximum atomic E-state index is 13.3. The third-order valence-corrected chi connectivity index (χ3v) is 6.16. The van der Waals surface area contributed by atoms with E-state index in [1.807, 2.05) is 77.9 Å². The van der Waals surface area contributed by atoms with Gasteiger partial charge in [0.1, 0.15) is 5.75 Å². The number of ether oxygens (including phenoxy) is 1. The van der Waals surface area contributed by atoms with Gasteiger partial charge in [0.2, 0.25) is 5.91 Å². The van der Waals surface area contributed by atoms with Gasteiger partial charge in [-0.2, -0.15) is 0 Å². The standard InChI is InChI=1S/C26H30N2O3S/c1-3-15-27(26(30)20-31-23-12-8-5-9-13-23)19-25(29)28(17-22-10-6-4-7-11-22)18-24-21(2)14-16-32-24/h4-14,16H,3,15,17-20H2,1-2H3. The Balaban J connectivity index is 1.69. The van der Waals surface area contributed by atoms with E-state index in [2.05, 4.69) is 13.0 Å². The summed E-state index contributed by atoms with van der Waals surface area (Å²) in [7, 11) is 0. The molecule has 0 fully saturated rings. The highest BCUT2D eigenvalue weighted by Gasteiger charge is 2.22. The molecule has 6 heteroatoms. The van der Waals surface area contributed by atoms with Gasteiger partial charge in [-0.05, 0) is 48.1 Å². The van der Waals surface area contributed by atoms with Gasteiger partial charge in [-0.3, -0.25) is 9.59 Å². The average molecular weight is 451 g/mol. The van der Waals surface area contributed by atoms with Crippen molar-refractivity contribution < 1.29 is 14.3 Å². The van der Waals surface area contributed by atoms with Crippen LogP contribution in [0.1, 0.15) is 29.3 Å². The minimum absolute atomic E-state index is 0.0437. The fraction of sp³-hybridized carbons (Fsp3) is 0.308. The van der Waals surface area contributed by atoms with Gasteiger partial charge in [-0.1, -0.05) is 55.5 Å². The first kappa shape index (κ1) is 23.5. The van der Waals surface area contributed by atoms with E-state index in [0.29, 0.717) is 25.4 Å². The molecular formula is C26H30N2O3S. The summed E-state index contributed by atoms with van der Waals surface area (Å²) in [5, 5.41) is 2.05. The maximum Gasteiger partial charge on any atom is 0.260 e. The SMILES string of the molecule is CCCN(CC(=O)N(Cc1ccccc1)Cc1sccc1C)C(=O)COc1ccccc1. The molecule has 1 aromatic heterocycles. The first-order chi connectivity index (χ1) is 15.6. The minimum Gasteiger partial charge on any atom is -0.484 e. The number of carbonyl (C=O) groups is 2. The molecule has 0 N–H and O–H groups in total. The summed E-state index contributed by atoms with van der Waals surface area (Å²) >= 11 is 1.65. The molecule has 0 radical (unpaired) electrons. The van der Waals surface area contributed by atoms with Crippen LogP contribution in [0.25, 0.3) is 0 Å². The van der Waals surface area contributed by atoms with Crippen molar-refractivity contribution >= 4 is 23.2 Å². The highest BCUT2D eigenvalue weighted by atomic mass is 32.1. The Bertz CT molecular complexity index is 989. The number of amides is 2. The van der Waals surface area contributed by atoms with E-state index in [1.54, 1.807) is 16.2 Å². The van der Waals surface area contributed by atoms with Gasteiger partial charge in [0, 0.05) is 18.0 Å². The van der Waals surface area contributed by atoms with E-state index in [1.165, 1.54) is 5.56 Å². The molecule has 0 unspecified atom stereocenters. The number of hydrogen-bond acceptors (Lipinski definition) is 4. The van der Waals surface area contributed by atoms with Gasteiger partial charge in [0.15, 0.2) is 6.61 Å². The van der Waals surface area contributed by atoms with Crippen LogP contribution >= 0.6 is 11.3 Å². The molecule has 2 amide bonds. The summed E-state index contributed by atoms with van der Waals surface area (Å²) in [6.07, 6.45) is 0.771. The van der Waals surface area contributed by atoms with Crippen molar-refractivity contribution in [3.05, 3.63) is 88.1 Å². The smallest absolute Gasteiger partial charge is 0.260 e. The van der Waals surface area contributed by atoms with Crippen molar-refractivity contribution in [3.63, 3.8) is 0 Å². The summed E-state index contributed by atoms with van der Waals surface area (Å²) in [6.45, 7) is 5.57. The summed E-state index contributed by atoms with van der Waals surface area (Å²) in [5.41, 5.74) is 2.24. The number of carbonyl (C=O) groups excluding carboxylic acids is 2.